The molecule has 0 radical (unpaired) electrons. The normalized spacial score (nSPS) is 12.1. The second-order valence-electron chi connectivity index (χ2n) is 6.98. The van der Waals surface area contributed by atoms with Gasteiger partial charge in [0.05, 0.1) is 35.0 Å². The summed E-state index contributed by atoms with van der Waals surface area (Å²) in [5, 5.41) is 5.25. The fourth-order valence-electron chi connectivity index (χ4n) is 3.61. The molecule has 0 bridgehead atoms. The minimum atomic E-state index is -0.580. The highest BCUT2D eigenvalue weighted by Gasteiger charge is 2.35. The van der Waals surface area contributed by atoms with Crippen molar-refractivity contribution < 1.29 is 28.0 Å². The Bertz CT molecular complexity index is 1280. The third-order valence-corrected chi connectivity index (χ3v) is 5.06. The van der Waals surface area contributed by atoms with Gasteiger partial charge in [-0.05, 0) is 36.4 Å². The largest absolute Gasteiger partial charge is 0.459 e. The van der Waals surface area contributed by atoms with Crippen LogP contribution in [0.5, 0.6) is 0 Å². The van der Waals surface area contributed by atoms with E-state index in [1.165, 1.54) is 36.8 Å². The molecule has 0 saturated heterocycles. The molecule has 2 aromatic heterocycles. The Balaban J connectivity index is 1.63. The zero-order valence-corrected chi connectivity index (χ0v) is 16.4. The monoisotopic (exact) mass is 426 g/mol. The number of nitrogens with one attached hydrogen (secondary N) is 2. The van der Waals surface area contributed by atoms with Crippen LogP contribution in [0.15, 0.2) is 82.0 Å². The highest BCUT2D eigenvalue weighted by molar-refractivity contribution is 6.33. The second kappa shape index (κ2) is 7.51. The number of furan rings is 2. The Kier molecular flexibility index (Phi) is 4.52. The molecule has 4 aromatic rings. The fraction of sp³-hybridized carbons (Fsp3) is 0. The van der Waals surface area contributed by atoms with Crippen molar-refractivity contribution in [2.24, 2.45) is 0 Å². The molecule has 5 rings (SSSR count). The van der Waals surface area contributed by atoms with Crippen LogP contribution in [0.25, 0.3) is 0 Å². The molecule has 0 fully saturated rings. The lowest BCUT2D eigenvalue weighted by Crippen LogP contribution is -2.26. The molecule has 0 saturated carbocycles. The summed E-state index contributed by atoms with van der Waals surface area (Å²) in [4.78, 5) is 51.8. The molecule has 32 heavy (non-hydrogen) atoms. The third-order valence-electron chi connectivity index (χ3n) is 5.06. The number of anilines is 2. The van der Waals surface area contributed by atoms with Crippen LogP contribution in [0, 0.1) is 0 Å². The molecule has 1 aliphatic rings. The number of amides is 2. The summed E-state index contributed by atoms with van der Waals surface area (Å²) >= 11 is 0. The Morgan fingerprint density at radius 3 is 1.41 bits per heavy atom. The van der Waals surface area contributed by atoms with Gasteiger partial charge in [-0.3, -0.25) is 19.2 Å². The van der Waals surface area contributed by atoms with Gasteiger partial charge in [0.25, 0.3) is 11.8 Å². The lowest BCUT2D eigenvalue weighted by molar-refractivity contribution is 0.0974. The maximum Gasteiger partial charge on any atom is 0.291 e. The van der Waals surface area contributed by atoms with E-state index in [1.807, 2.05) is 0 Å². The molecule has 0 spiro atoms. The van der Waals surface area contributed by atoms with E-state index in [4.69, 9.17) is 8.83 Å². The number of rotatable bonds is 4. The van der Waals surface area contributed by atoms with Crippen LogP contribution in [0.1, 0.15) is 53.0 Å². The minimum absolute atomic E-state index is 0.00847. The first-order chi connectivity index (χ1) is 15.5. The summed E-state index contributed by atoms with van der Waals surface area (Å²) in [5.74, 6) is -1.96. The molecule has 156 valence electrons. The number of hydrogen-bond acceptors (Lipinski definition) is 6. The van der Waals surface area contributed by atoms with Crippen molar-refractivity contribution in [3.63, 3.8) is 0 Å². The van der Waals surface area contributed by atoms with Crippen LogP contribution in [0.3, 0.4) is 0 Å². The highest BCUT2D eigenvalue weighted by Crippen LogP contribution is 2.37. The minimum Gasteiger partial charge on any atom is -0.459 e. The zero-order chi connectivity index (χ0) is 22.2. The number of ketones is 2. The Labute approximate surface area is 180 Å². The topological polar surface area (TPSA) is 119 Å². The number of benzene rings is 2. The summed E-state index contributed by atoms with van der Waals surface area (Å²) < 4.78 is 10.2. The van der Waals surface area contributed by atoms with Gasteiger partial charge in [-0.2, -0.15) is 0 Å². The SMILES string of the molecule is O=C(Nc1ccc(NC(=O)c2ccco2)c2c1C(=O)c1ccccc1C2=O)c1ccco1. The van der Waals surface area contributed by atoms with Crippen molar-refractivity contribution in [3.05, 3.63) is 107 Å². The van der Waals surface area contributed by atoms with E-state index in [9.17, 15) is 19.2 Å². The molecule has 0 atom stereocenters. The quantitative estimate of drug-likeness (QED) is 0.446. The van der Waals surface area contributed by atoms with Crippen LogP contribution in [-0.2, 0) is 0 Å². The molecule has 8 nitrogen and oxygen atoms in total. The van der Waals surface area contributed by atoms with E-state index < -0.39 is 23.4 Å². The first-order valence-electron chi connectivity index (χ1n) is 9.59. The van der Waals surface area contributed by atoms with Crippen LogP contribution < -0.4 is 10.6 Å². The molecule has 0 unspecified atom stereocenters. The van der Waals surface area contributed by atoms with Gasteiger partial charge in [-0.25, -0.2) is 0 Å². The summed E-state index contributed by atoms with van der Waals surface area (Å²) in [6, 6.07) is 15.4. The van der Waals surface area contributed by atoms with E-state index in [1.54, 1.807) is 36.4 Å². The van der Waals surface area contributed by atoms with E-state index in [-0.39, 0.29) is 45.1 Å². The fourth-order valence-corrected chi connectivity index (χ4v) is 3.61. The van der Waals surface area contributed by atoms with Crippen molar-refractivity contribution >= 4 is 34.8 Å². The average Bonchev–Trinajstić information content (AvgIpc) is 3.52. The lowest BCUT2D eigenvalue weighted by Gasteiger charge is -2.23. The number of hydrogen-bond donors (Lipinski definition) is 2. The molecule has 2 N–H and O–H groups in total. The predicted molar refractivity (Wildman–Crippen MR) is 113 cm³/mol. The number of carbonyl (C=O) groups is 4. The molecule has 2 amide bonds. The summed E-state index contributed by atoms with van der Waals surface area (Å²) in [5.41, 5.74) is 0.674. The van der Waals surface area contributed by atoms with Crippen molar-refractivity contribution in [2.75, 3.05) is 10.6 Å². The highest BCUT2D eigenvalue weighted by atomic mass is 16.3. The first kappa shape index (κ1) is 19.3. The van der Waals surface area contributed by atoms with E-state index in [0.717, 1.165) is 0 Å². The van der Waals surface area contributed by atoms with Crippen molar-refractivity contribution in [1.29, 1.82) is 0 Å². The van der Waals surface area contributed by atoms with Gasteiger partial charge in [0.2, 0.25) is 0 Å². The Hall–Kier alpha value is -4.72. The zero-order valence-electron chi connectivity index (χ0n) is 16.4. The van der Waals surface area contributed by atoms with E-state index >= 15 is 0 Å². The Morgan fingerprint density at radius 2 is 1.03 bits per heavy atom. The van der Waals surface area contributed by atoms with Crippen LogP contribution in [-0.4, -0.2) is 23.4 Å². The van der Waals surface area contributed by atoms with Crippen LogP contribution in [0.2, 0.25) is 0 Å². The van der Waals surface area contributed by atoms with Gasteiger partial charge in [0.15, 0.2) is 23.1 Å². The second-order valence-corrected chi connectivity index (χ2v) is 6.98. The standard InChI is InChI=1S/C24H14N2O6/c27-21-13-5-1-2-6-14(13)22(28)20-16(26-24(30)18-8-4-12-32-18)10-9-15(19(20)21)25-23(29)17-7-3-11-31-17/h1-12H,(H,25,29)(H,26,30). The number of carbonyl (C=O) groups excluding carboxylic acids is 4. The lowest BCUT2D eigenvalue weighted by atomic mass is 9.82. The molecular formula is C24H14N2O6. The average molecular weight is 426 g/mol. The summed E-state index contributed by atoms with van der Waals surface area (Å²) in [7, 11) is 0. The van der Waals surface area contributed by atoms with Crippen LogP contribution >= 0.6 is 0 Å². The van der Waals surface area contributed by atoms with Crippen molar-refractivity contribution in [3.8, 4) is 0 Å². The van der Waals surface area contributed by atoms with Crippen molar-refractivity contribution in [2.45, 2.75) is 0 Å². The van der Waals surface area contributed by atoms with Gasteiger partial charge >= 0.3 is 0 Å². The third kappa shape index (κ3) is 3.10. The molecule has 8 heteroatoms. The first-order valence-corrected chi connectivity index (χ1v) is 9.59. The van der Waals surface area contributed by atoms with Crippen molar-refractivity contribution in [1.82, 2.24) is 0 Å². The van der Waals surface area contributed by atoms with E-state index in [2.05, 4.69) is 10.6 Å². The maximum absolute atomic E-state index is 13.4. The number of fused-ring (bicyclic) bond motifs is 2. The molecule has 1 aliphatic carbocycles. The smallest absolute Gasteiger partial charge is 0.291 e. The van der Waals surface area contributed by atoms with E-state index in [0.29, 0.717) is 0 Å². The van der Waals surface area contributed by atoms with Crippen LogP contribution in [0.4, 0.5) is 11.4 Å². The summed E-state index contributed by atoms with van der Waals surface area (Å²) in [6.45, 7) is 0. The van der Waals surface area contributed by atoms with Gasteiger partial charge in [0.1, 0.15) is 0 Å². The van der Waals surface area contributed by atoms with Gasteiger partial charge in [-0.15, -0.1) is 0 Å². The molecular weight excluding hydrogens is 412 g/mol. The Morgan fingerprint density at radius 1 is 0.594 bits per heavy atom. The summed E-state index contributed by atoms with van der Waals surface area (Å²) in [6.07, 6.45) is 2.70. The van der Waals surface area contributed by atoms with Gasteiger partial charge in [-0.1, -0.05) is 24.3 Å². The van der Waals surface area contributed by atoms with Gasteiger partial charge in [0, 0.05) is 11.1 Å². The molecule has 2 aromatic carbocycles. The molecule has 2 heterocycles. The van der Waals surface area contributed by atoms with Gasteiger partial charge < -0.3 is 19.5 Å². The maximum atomic E-state index is 13.4. The molecule has 0 aliphatic heterocycles. The predicted octanol–water partition coefficient (Wildman–Crippen LogP) is 4.15.